The summed E-state index contributed by atoms with van der Waals surface area (Å²) in [5, 5.41) is 18.7. The highest BCUT2D eigenvalue weighted by Gasteiger charge is 2.35. The van der Waals surface area contributed by atoms with Crippen molar-refractivity contribution in [2.75, 3.05) is 44.2 Å². The molecule has 4 heterocycles. The highest BCUT2D eigenvalue weighted by molar-refractivity contribution is 7.22. The molecule has 12 nitrogen and oxygen atoms in total. The number of aromatic carboxylic acids is 1. The number of pyridine rings is 1. The maximum atomic E-state index is 13.6. The van der Waals surface area contributed by atoms with Crippen LogP contribution in [0.5, 0.6) is 0 Å². The van der Waals surface area contributed by atoms with Crippen molar-refractivity contribution in [3.63, 3.8) is 0 Å². The average molecular weight is 739 g/mol. The van der Waals surface area contributed by atoms with E-state index in [1.54, 1.807) is 20.4 Å². The number of ether oxygens (including phenoxy) is 3. The van der Waals surface area contributed by atoms with Crippen LogP contribution in [0.25, 0.3) is 21.3 Å². The Morgan fingerprint density at radius 2 is 1.79 bits per heavy atom. The molecule has 1 atom stereocenters. The van der Waals surface area contributed by atoms with Crippen molar-refractivity contribution in [1.29, 1.82) is 0 Å². The molecule has 1 amide bonds. The highest BCUT2D eigenvalue weighted by Crippen LogP contribution is 2.36. The minimum absolute atomic E-state index is 0.0410. The Morgan fingerprint density at radius 1 is 0.981 bits per heavy atom. The second-order valence-electron chi connectivity index (χ2n) is 13.9. The number of fused-ring (bicyclic) bond motifs is 2. The number of carboxylic acid groups (broad SMARTS) is 1. The van der Waals surface area contributed by atoms with E-state index < -0.39 is 11.6 Å². The van der Waals surface area contributed by atoms with E-state index in [4.69, 9.17) is 24.3 Å². The number of para-hydroxylation sites is 1. The van der Waals surface area contributed by atoms with Crippen LogP contribution in [0.15, 0.2) is 60.8 Å². The number of rotatable bonds is 13. The molecule has 2 N–H and O–H groups in total. The smallest absolute Gasteiger partial charge is 0.355 e. The van der Waals surface area contributed by atoms with Crippen molar-refractivity contribution in [3.05, 3.63) is 88.9 Å². The predicted molar refractivity (Wildman–Crippen MR) is 205 cm³/mol. The zero-order valence-corrected chi connectivity index (χ0v) is 31.3. The minimum atomic E-state index is -1.12. The molecule has 0 bridgehead atoms. The molecule has 278 valence electrons. The number of hydrogen-bond acceptors (Lipinski definition) is 10. The largest absolute Gasteiger partial charge is 0.476 e. The molecule has 1 saturated carbocycles. The Kier molecular flexibility index (Phi) is 11.2. The third-order valence-electron chi connectivity index (χ3n) is 10.5. The molecule has 1 fully saturated rings. The third-order valence-corrected chi connectivity index (χ3v) is 11.5. The summed E-state index contributed by atoms with van der Waals surface area (Å²) in [6.07, 6.45) is 8.55. The SMILES string of the molecule is COCC(COC1(Cn2ncc(-c3ccc(N4CCc5cccc(C(=O)Nc6nc7ccccc7s6)c5C4)nc3C(=O)O)c2C)CCCCCC1)OC. The van der Waals surface area contributed by atoms with Gasteiger partial charge in [-0.05, 0) is 67.6 Å². The van der Waals surface area contributed by atoms with Gasteiger partial charge in [-0.1, -0.05) is 61.3 Å². The molecule has 0 radical (unpaired) electrons. The molecule has 1 aliphatic heterocycles. The van der Waals surface area contributed by atoms with E-state index in [0.29, 0.717) is 61.3 Å². The van der Waals surface area contributed by atoms with Gasteiger partial charge in [0, 0.05) is 49.7 Å². The van der Waals surface area contributed by atoms with Crippen LogP contribution in [-0.4, -0.2) is 82.4 Å². The van der Waals surface area contributed by atoms with E-state index in [2.05, 4.69) is 10.3 Å². The fraction of sp³-hybridized carbons (Fsp3) is 0.425. The van der Waals surface area contributed by atoms with E-state index >= 15 is 0 Å². The topological polar surface area (TPSA) is 141 Å². The molecule has 7 rings (SSSR count). The molecular formula is C40H46N6O6S. The molecule has 3 aromatic heterocycles. The van der Waals surface area contributed by atoms with E-state index in [1.165, 1.54) is 24.2 Å². The highest BCUT2D eigenvalue weighted by atomic mass is 32.1. The quantitative estimate of drug-likeness (QED) is 0.120. The number of carboxylic acids is 1. The number of amides is 1. The normalized spacial score (nSPS) is 16.2. The first-order valence-corrected chi connectivity index (χ1v) is 19.0. The Morgan fingerprint density at radius 3 is 2.55 bits per heavy atom. The fourth-order valence-electron chi connectivity index (χ4n) is 7.59. The van der Waals surface area contributed by atoms with Gasteiger partial charge < -0.3 is 24.2 Å². The molecule has 2 aromatic carbocycles. The predicted octanol–water partition coefficient (Wildman–Crippen LogP) is 7.15. The molecular weight excluding hydrogens is 693 g/mol. The Hall–Kier alpha value is -4.69. The van der Waals surface area contributed by atoms with Crippen LogP contribution in [0.4, 0.5) is 10.9 Å². The zero-order valence-electron chi connectivity index (χ0n) is 30.5. The maximum absolute atomic E-state index is 13.6. The van der Waals surface area contributed by atoms with Crippen LogP contribution in [0.2, 0.25) is 0 Å². The number of hydrogen-bond donors (Lipinski definition) is 2. The zero-order chi connectivity index (χ0) is 37.0. The van der Waals surface area contributed by atoms with Gasteiger partial charge in [0.1, 0.15) is 11.9 Å². The maximum Gasteiger partial charge on any atom is 0.355 e. The van der Waals surface area contributed by atoms with Crippen LogP contribution in [0, 0.1) is 6.92 Å². The number of carbonyl (C=O) groups excluding carboxylic acids is 1. The Balaban J connectivity index is 1.12. The summed E-state index contributed by atoms with van der Waals surface area (Å²) in [4.78, 5) is 37.6. The van der Waals surface area contributed by atoms with E-state index in [1.807, 2.05) is 71.1 Å². The lowest BCUT2D eigenvalue weighted by Crippen LogP contribution is -2.41. The van der Waals surface area contributed by atoms with Crippen molar-refractivity contribution < 1.29 is 28.9 Å². The number of thiazole rings is 1. The molecule has 1 aliphatic carbocycles. The summed E-state index contributed by atoms with van der Waals surface area (Å²) in [6, 6.07) is 17.2. The van der Waals surface area contributed by atoms with Crippen molar-refractivity contribution in [2.45, 2.75) is 76.7 Å². The lowest BCUT2D eigenvalue weighted by Gasteiger charge is -2.34. The Bertz CT molecular complexity index is 2050. The van der Waals surface area contributed by atoms with Gasteiger partial charge in [-0.3, -0.25) is 14.8 Å². The van der Waals surface area contributed by atoms with E-state index in [0.717, 1.165) is 58.3 Å². The number of nitrogens with zero attached hydrogens (tertiary/aromatic N) is 5. The second kappa shape index (κ2) is 16.1. The summed E-state index contributed by atoms with van der Waals surface area (Å²) < 4.78 is 20.5. The molecule has 1 unspecified atom stereocenters. The number of methoxy groups -OCH3 is 2. The van der Waals surface area contributed by atoms with Gasteiger partial charge in [0.15, 0.2) is 10.8 Å². The van der Waals surface area contributed by atoms with Crippen LogP contribution in [0.1, 0.15) is 76.2 Å². The molecule has 2 aliphatic rings. The van der Waals surface area contributed by atoms with Gasteiger partial charge in [-0.25, -0.2) is 14.8 Å². The number of aromatic nitrogens is 4. The molecule has 0 saturated heterocycles. The number of nitrogens with one attached hydrogen (secondary N) is 1. The van der Waals surface area contributed by atoms with Gasteiger partial charge in [-0.2, -0.15) is 5.10 Å². The molecule has 13 heteroatoms. The van der Waals surface area contributed by atoms with Crippen LogP contribution in [-0.2, 0) is 33.7 Å². The van der Waals surface area contributed by atoms with Crippen LogP contribution in [0.3, 0.4) is 0 Å². The van der Waals surface area contributed by atoms with Crippen LogP contribution < -0.4 is 10.2 Å². The second-order valence-corrected chi connectivity index (χ2v) is 15.0. The first-order chi connectivity index (χ1) is 25.8. The van der Waals surface area contributed by atoms with Gasteiger partial charge in [0.2, 0.25) is 0 Å². The van der Waals surface area contributed by atoms with Crippen molar-refractivity contribution in [1.82, 2.24) is 19.7 Å². The minimum Gasteiger partial charge on any atom is -0.476 e. The average Bonchev–Trinajstić information content (AvgIpc) is 3.66. The van der Waals surface area contributed by atoms with Crippen LogP contribution >= 0.6 is 11.3 Å². The first kappa shape index (κ1) is 36.7. The summed E-state index contributed by atoms with van der Waals surface area (Å²) >= 11 is 1.44. The number of anilines is 2. The number of benzene rings is 2. The lowest BCUT2D eigenvalue weighted by molar-refractivity contribution is -0.116. The van der Waals surface area contributed by atoms with E-state index in [9.17, 15) is 14.7 Å². The van der Waals surface area contributed by atoms with Gasteiger partial charge in [0.05, 0.1) is 41.8 Å². The molecule has 5 aromatic rings. The van der Waals surface area contributed by atoms with Crippen molar-refractivity contribution in [3.8, 4) is 11.1 Å². The summed E-state index contributed by atoms with van der Waals surface area (Å²) in [5.74, 6) is -0.804. The summed E-state index contributed by atoms with van der Waals surface area (Å²) in [5.41, 5.74) is 5.01. The molecule has 0 spiro atoms. The van der Waals surface area contributed by atoms with Gasteiger partial charge >= 0.3 is 5.97 Å². The summed E-state index contributed by atoms with van der Waals surface area (Å²) in [6.45, 7) is 4.44. The number of carbonyl (C=O) groups is 2. The van der Waals surface area contributed by atoms with Gasteiger partial charge in [0.25, 0.3) is 5.91 Å². The monoisotopic (exact) mass is 738 g/mol. The van der Waals surface area contributed by atoms with Crippen molar-refractivity contribution >= 4 is 44.4 Å². The van der Waals surface area contributed by atoms with Crippen molar-refractivity contribution in [2.24, 2.45) is 0 Å². The Labute approximate surface area is 313 Å². The standard InChI is InChI=1S/C40H46N6O6S/c1-26-31(21-41-46(26)25-40(18-8-4-5-9-19-40)52-24-28(51-3)23-50-2)29-15-16-35(43-36(29)38(48)49)45-20-17-27-11-10-12-30(32(27)22-45)37(47)44-39-42-33-13-6-7-14-34(33)53-39/h6-7,10-16,21,28H,4-5,8-9,17-20,22-25H2,1-3H3,(H,48,49)(H,42,44,47). The van der Waals surface area contributed by atoms with E-state index in [-0.39, 0.29) is 17.7 Å². The lowest BCUT2D eigenvalue weighted by atomic mass is 9.93. The fourth-order valence-corrected chi connectivity index (χ4v) is 8.45. The third kappa shape index (κ3) is 7.98. The first-order valence-electron chi connectivity index (χ1n) is 18.2. The molecule has 53 heavy (non-hydrogen) atoms. The van der Waals surface area contributed by atoms with Gasteiger partial charge in [-0.15, -0.1) is 0 Å². The summed E-state index contributed by atoms with van der Waals surface area (Å²) in [7, 11) is 3.33.